The lowest BCUT2D eigenvalue weighted by Crippen LogP contribution is -2.24. The minimum absolute atomic E-state index is 0.0698. The summed E-state index contributed by atoms with van der Waals surface area (Å²) in [7, 11) is 0. The minimum atomic E-state index is -0.925. The molecule has 1 saturated heterocycles. The van der Waals surface area contributed by atoms with E-state index >= 15 is 0 Å². The van der Waals surface area contributed by atoms with Gasteiger partial charge in [-0.15, -0.1) is 0 Å². The van der Waals surface area contributed by atoms with Gasteiger partial charge in [0.2, 0.25) is 0 Å². The zero-order valence-corrected chi connectivity index (χ0v) is 12.1. The molecule has 0 unspecified atom stereocenters. The van der Waals surface area contributed by atoms with E-state index in [0.717, 1.165) is 5.56 Å². The number of aryl methyl sites for hydroxylation is 1. The highest BCUT2D eigenvalue weighted by Crippen LogP contribution is 2.39. The standard InChI is InChI=1S/C14H19NO5/c1-9(2)20-13-7-10(3)11(8-12(13)15(16)17)14(4)18-5-6-19-14/h7-9H,5-6H2,1-4H3. The van der Waals surface area contributed by atoms with Crippen LogP contribution in [0.2, 0.25) is 0 Å². The monoisotopic (exact) mass is 281 g/mol. The summed E-state index contributed by atoms with van der Waals surface area (Å²) < 4.78 is 16.7. The zero-order valence-electron chi connectivity index (χ0n) is 12.1. The first-order chi connectivity index (χ1) is 9.33. The number of nitro benzene ring substituents is 1. The van der Waals surface area contributed by atoms with Crippen molar-refractivity contribution in [3.8, 4) is 5.75 Å². The molecule has 110 valence electrons. The molecule has 2 rings (SSSR count). The van der Waals surface area contributed by atoms with Crippen LogP contribution in [0.25, 0.3) is 0 Å². The van der Waals surface area contributed by atoms with E-state index in [-0.39, 0.29) is 17.5 Å². The lowest BCUT2D eigenvalue weighted by Gasteiger charge is -2.25. The van der Waals surface area contributed by atoms with Gasteiger partial charge in [0.25, 0.3) is 0 Å². The number of ether oxygens (including phenoxy) is 3. The Hall–Kier alpha value is -1.66. The van der Waals surface area contributed by atoms with Crippen LogP contribution < -0.4 is 4.74 Å². The maximum Gasteiger partial charge on any atom is 0.311 e. The van der Waals surface area contributed by atoms with Gasteiger partial charge in [-0.05, 0) is 39.3 Å². The second-order valence-electron chi connectivity index (χ2n) is 5.20. The van der Waals surface area contributed by atoms with Gasteiger partial charge in [-0.3, -0.25) is 10.1 Å². The molecular formula is C14H19NO5. The SMILES string of the molecule is Cc1cc(OC(C)C)c([N+](=O)[O-])cc1C1(C)OCCO1. The van der Waals surface area contributed by atoms with Gasteiger partial charge < -0.3 is 14.2 Å². The topological polar surface area (TPSA) is 70.8 Å². The van der Waals surface area contributed by atoms with Crippen molar-refractivity contribution in [3.63, 3.8) is 0 Å². The first kappa shape index (κ1) is 14.7. The van der Waals surface area contributed by atoms with E-state index in [4.69, 9.17) is 14.2 Å². The van der Waals surface area contributed by atoms with Crippen LogP contribution >= 0.6 is 0 Å². The summed E-state index contributed by atoms with van der Waals surface area (Å²) in [6.07, 6.45) is -0.131. The third-order valence-electron chi connectivity index (χ3n) is 3.19. The molecule has 1 heterocycles. The Morgan fingerprint density at radius 1 is 1.35 bits per heavy atom. The molecule has 0 radical (unpaired) electrons. The Bertz CT molecular complexity index is 521. The van der Waals surface area contributed by atoms with E-state index < -0.39 is 10.7 Å². The van der Waals surface area contributed by atoms with Gasteiger partial charge in [-0.1, -0.05) is 0 Å². The van der Waals surface area contributed by atoms with Crippen LogP contribution in [0.3, 0.4) is 0 Å². The summed E-state index contributed by atoms with van der Waals surface area (Å²) in [5, 5.41) is 11.2. The molecule has 6 heteroatoms. The van der Waals surface area contributed by atoms with E-state index in [1.54, 1.807) is 13.0 Å². The van der Waals surface area contributed by atoms with Crippen molar-refractivity contribution in [2.75, 3.05) is 13.2 Å². The van der Waals surface area contributed by atoms with Gasteiger partial charge in [-0.2, -0.15) is 0 Å². The van der Waals surface area contributed by atoms with Crippen LogP contribution in [0.1, 0.15) is 31.9 Å². The molecule has 0 aliphatic carbocycles. The summed E-state index contributed by atoms with van der Waals surface area (Å²) >= 11 is 0. The Morgan fingerprint density at radius 2 is 1.95 bits per heavy atom. The fourth-order valence-corrected chi connectivity index (χ4v) is 2.32. The van der Waals surface area contributed by atoms with Crippen LogP contribution in [0.15, 0.2) is 12.1 Å². The van der Waals surface area contributed by atoms with E-state index in [1.807, 2.05) is 20.8 Å². The number of nitro groups is 1. The van der Waals surface area contributed by atoms with Crippen molar-refractivity contribution in [3.05, 3.63) is 33.4 Å². The second kappa shape index (κ2) is 5.38. The van der Waals surface area contributed by atoms with Crippen molar-refractivity contribution >= 4 is 5.69 Å². The second-order valence-corrected chi connectivity index (χ2v) is 5.20. The largest absolute Gasteiger partial charge is 0.484 e. The summed E-state index contributed by atoms with van der Waals surface area (Å²) in [5.74, 6) is -0.654. The normalized spacial score (nSPS) is 17.4. The average molecular weight is 281 g/mol. The maximum atomic E-state index is 11.2. The summed E-state index contributed by atoms with van der Waals surface area (Å²) in [6.45, 7) is 8.26. The van der Waals surface area contributed by atoms with Crippen molar-refractivity contribution in [2.45, 2.75) is 39.6 Å². The van der Waals surface area contributed by atoms with Crippen molar-refractivity contribution in [1.82, 2.24) is 0 Å². The van der Waals surface area contributed by atoms with Gasteiger partial charge in [0, 0.05) is 11.6 Å². The third kappa shape index (κ3) is 2.76. The van der Waals surface area contributed by atoms with Crippen LogP contribution in [-0.4, -0.2) is 24.2 Å². The number of rotatable bonds is 4. The predicted octanol–water partition coefficient (Wildman–Crippen LogP) is 2.91. The third-order valence-corrected chi connectivity index (χ3v) is 3.19. The molecule has 0 amide bonds. The highest BCUT2D eigenvalue weighted by atomic mass is 16.7. The molecule has 1 aliphatic heterocycles. The summed E-state index contributed by atoms with van der Waals surface area (Å²) in [6, 6.07) is 3.15. The lowest BCUT2D eigenvalue weighted by molar-refractivity contribution is -0.386. The van der Waals surface area contributed by atoms with Crippen LogP contribution in [-0.2, 0) is 15.3 Å². The molecule has 1 aliphatic rings. The fraction of sp³-hybridized carbons (Fsp3) is 0.571. The van der Waals surface area contributed by atoms with Gasteiger partial charge in [0.1, 0.15) is 0 Å². The van der Waals surface area contributed by atoms with Gasteiger partial charge in [0.05, 0.1) is 24.2 Å². The molecule has 1 aromatic carbocycles. The highest BCUT2D eigenvalue weighted by molar-refractivity contribution is 5.53. The number of nitrogens with zero attached hydrogens (tertiary/aromatic N) is 1. The molecule has 1 aromatic rings. The van der Waals surface area contributed by atoms with Gasteiger partial charge in [-0.25, -0.2) is 0 Å². The minimum Gasteiger partial charge on any atom is -0.484 e. The Labute approximate surface area is 117 Å². The van der Waals surface area contributed by atoms with Crippen molar-refractivity contribution < 1.29 is 19.1 Å². The molecule has 0 bridgehead atoms. The number of hydrogen-bond acceptors (Lipinski definition) is 5. The van der Waals surface area contributed by atoms with Crippen LogP contribution in [0.5, 0.6) is 5.75 Å². The van der Waals surface area contributed by atoms with E-state index in [9.17, 15) is 10.1 Å². The highest BCUT2D eigenvalue weighted by Gasteiger charge is 2.36. The fourth-order valence-electron chi connectivity index (χ4n) is 2.32. The van der Waals surface area contributed by atoms with Gasteiger partial charge in [0.15, 0.2) is 11.5 Å². The molecule has 6 nitrogen and oxygen atoms in total. The molecule has 0 atom stereocenters. The van der Waals surface area contributed by atoms with Crippen molar-refractivity contribution in [2.24, 2.45) is 0 Å². The molecular weight excluding hydrogens is 262 g/mol. The molecule has 0 saturated carbocycles. The quantitative estimate of drug-likeness (QED) is 0.627. The van der Waals surface area contributed by atoms with E-state index in [0.29, 0.717) is 18.8 Å². The number of benzene rings is 1. The van der Waals surface area contributed by atoms with E-state index in [2.05, 4.69) is 0 Å². The van der Waals surface area contributed by atoms with Crippen LogP contribution in [0, 0.1) is 17.0 Å². The van der Waals surface area contributed by atoms with Crippen LogP contribution in [0.4, 0.5) is 5.69 Å². The number of hydrogen-bond donors (Lipinski definition) is 0. The Kier molecular flexibility index (Phi) is 3.96. The Balaban J connectivity index is 2.50. The van der Waals surface area contributed by atoms with Crippen molar-refractivity contribution in [1.29, 1.82) is 0 Å². The molecule has 0 spiro atoms. The average Bonchev–Trinajstić information content (AvgIpc) is 2.75. The maximum absolute atomic E-state index is 11.2. The summed E-state index contributed by atoms with van der Waals surface area (Å²) in [4.78, 5) is 10.8. The summed E-state index contributed by atoms with van der Waals surface area (Å²) in [5.41, 5.74) is 1.44. The Morgan fingerprint density at radius 3 is 2.45 bits per heavy atom. The molecule has 0 aromatic heterocycles. The predicted molar refractivity (Wildman–Crippen MR) is 72.9 cm³/mol. The first-order valence-corrected chi connectivity index (χ1v) is 6.57. The smallest absolute Gasteiger partial charge is 0.311 e. The molecule has 0 N–H and O–H groups in total. The van der Waals surface area contributed by atoms with Gasteiger partial charge >= 0.3 is 5.69 Å². The first-order valence-electron chi connectivity index (χ1n) is 6.57. The lowest BCUT2D eigenvalue weighted by atomic mass is 10.00. The molecule has 1 fully saturated rings. The molecule has 20 heavy (non-hydrogen) atoms. The zero-order chi connectivity index (χ0) is 14.9. The van der Waals surface area contributed by atoms with E-state index in [1.165, 1.54) is 6.07 Å².